The maximum absolute atomic E-state index is 12.5. The largest absolute Gasteiger partial charge is 0.476 e. The van der Waals surface area contributed by atoms with E-state index in [9.17, 15) is 23.7 Å². The number of rotatable bonds is 3. The number of halogens is 2. The first-order valence-electron chi connectivity index (χ1n) is 3.80. The zero-order chi connectivity index (χ0) is 12.5. The van der Waals surface area contributed by atoms with Gasteiger partial charge in [-0.25, -0.2) is 18.6 Å². The van der Waals surface area contributed by atoms with Gasteiger partial charge in [-0.15, -0.1) is 0 Å². The molecule has 0 radical (unpaired) electrons. The summed E-state index contributed by atoms with van der Waals surface area (Å²) in [6, 6.07) is 0. The van der Waals surface area contributed by atoms with Crippen molar-refractivity contribution < 1.29 is 23.6 Å². The molecule has 0 saturated heterocycles. The highest BCUT2D eigenvalue weighted by Crippen LogP contribution is 2.34. The van der Waals surface area contributed by atoms with E-state index in [1.165, 1.54) is 0 Å². The van der Waals surface area contributed by atoms with Gasteiger partial charge in [-0.05, 0) is 0 Å². The Bertz CT molecular complexity index is 463. The number of nitro groups is 1. The molecule has 1 aromatic heterocycles. The number of alkyl halides is 2. The molecule has 0 amide bonds. The zero-order valence-corrected chi connectivity index (χ0v) is 7.55. The van der Waals surface area contributed by atoms with Gasteiger partial charge in [-0.2, -0.15) is 0 Å². The van der Waals surface area contributed by atoms with Crippen LogP contribution in [-0.4, -0.2) is 21.0 Å². The van der Waals surface area contributed by atoms with Crippen LogP contribution in [0.4, 0.5) is 20.2 Å². The van der Waals surface area contributed by atoms with Gasteiger partial charge in [-0.1, -0.05) is 0 Å². The van der Waals surface area contributed by atoms with Crippen molar-refractivity contribution in [3.05, 3.63) is 27.6 Å². The molecule has 0 saturated carbocycles. The van der Waals surface area contributed by atoms with Crippen LogP contribution in [-0.2, 0) is 0 Å². The molecule has 0 aromatic carbocycles. The fourth-order valence-corrected chi connectivity index (χ4v) is 1.08. The lowest BCUT2D eigenvalue weighted by atomic mass is 10.1. The number of nitrogens with two attached hydrogens (primary N) is 1. The van der Waals surface area contributed by atoms with Crippen LogP contribution < -0.4 is 5.73 Å². The van der Waals surface area contributed by atoms with Gasteiger partial charge in [0, 0.05) is 0 Å². The van der Waals surface area contributed by atoms with E-state index < -0.39 is 40.0 Å². The molecule has 0 aliphatic rings. The van der Waals surface area contributed by atoms with Crippen molar-refractivity contribution in [2.75, 3.05) is 5.73 Å². The van der Waals surface area contributed by atoms with Crippen LogP contribution in [0.25, 0.3) is 0 Å². The van der Waals surface area contributed by atoms with Crippen LogP contribution in [0.15, 0.2) is 6.20 Å². The molecule has 1 heterocycles. The number of carboxylic acid groups (broad SMARTS) is 1. The highest BCUT2D eigenvalue weighted by atomic mass is 19.3. The van der Waals surface area contributed by atoms with E-state index in [0.717, 1.165) is 0 Å². The van der Waals surface area contributed by atoms with E-state index in [-0.39, 0.29) is 0 Å². The quantitative estimate of drug-likeness (QED) is 0.598. The number of pyridine rings is 1. The molecule has 86 valence electrons. The van der Waals surface area contributed by atoms with Crippen LogP contribution in [0.3, 0.4) is 0 Å². The van der Waals surface area contributed by atoms with Gasteiger partial charge in [0.1, 0.15) is 11.8 Å². The number of aromatic carboxylic acids is 1. The van der Waals surface area contributed by atoms with Gasteiger partial charge in [0.25, 0.3) is 12.1 Å². The molecule has 3 N–H and O–H groups in total. The fourth-order valence-electron chi connectivity index (χ4n) is 1.08. The van der Waals surface area contributed by atoms with Gasteiger partial charge in [0.05, 0.1) is 10.6 Å². The molecule has 9 heteroatoms. The smallest absolute Gasteiger partial charge is 0.356 e. The fraction of sp³-hybridized carbons (Fsp3) is 0.143. The monoisotopic (exact) mass is 233 g/mol. The van der Waals surface area contributed by atoms with Crippen LogP contribution >= 0.6 is 0 Å². The third-order valence-corrected chi connectivity index (χ3v) is 1.75. The SMILES string of the molecule is Nc1c(C(=O)O)ncc([N+](=O)[O-])c1C(F)F. The Balaban J connectivity index is 3.54. The summed E-state index contributed by atoms with van der Waals surface area (Å²) in [4.78, 5) is 23.0. The third-order valence-electron chi connectivity index (χ3n) is 1.75. The van der Waals surface area contributed by atoms with E-state index in [1.54, 1.807) is 0 Å². The predicted octanol–water partition coefficient (Wildman–Crippen LogP) is 1.21. The summed E-state index contributed by atoms with van der Waals surface area (Å²) < 4.78 is 25.0. The second kappa shape index (κ2) is 4.04. The maximum Gasteiger partial charge on any atom is 0.356 e. The molecular formula is C7H5F2N3O4. The number of nitrogens with zero attached hydrogens (tertiary/aromatic N) is 2. The molecule has 16 heavy (non-hydrogen) atoms. The summed E-state index contributed by atoms with van der Waals surface area (Å²) in [5.74, 6) is -1.63. The number of nitrogen functional groups attached to an aromatic ring is 1. The molecule has 1 aromatic rings. The third kappa shape index (κ3) is 1.87. The van der Waals surface area contributed by atoms with E-state index in [1.807, 2.05) is 0 Å². The minimum Gasteiger partial charge on any atom is -0.476 e. The summed E-state index contributed by atoms with van der Waals surface area (Å²) in [6.45, 7) is 0. The minimum absolute atomic E-state index is 0.446. The van der Waals surface area contributed by atoms with Crippen molar-refractivity contribution in [3.8, 4) is 0 Å². The number of anilines is 1. The Kier molecular flexibility index (Phi) is 2.97. The van der Waals surface area contributed by atoms with E-state index >= 15 is 0 Å². The summed E-state index contributed by atoms with van der Waals surface area (Å²) >= 11 is 0. The topological polar surface area (TPSA) is 119 Å². The second-order valence-corrected chi connectivity index (χ2v) is 2.68. The van der Waals surface area contributed by atoms with Gasteiger partial charge < -0.3 is 10.8 Å². The summed E-state index contributed by atoms with van der Waals surface area (Å²) in [7, 11) is 0. The summed E-state index contributed by atoms with van der Waals surface area (Å²) in [5, 5.41) is 18.9. The standard InChI is InChI=1S/C7H5F2N3O4/c8-6(9)3-2(12(15)16)1-11-5(4(3)10)7(13)14/h1,6H,10H2,(H,13,14). The normalized spacial score (nSPS) is 10.4. The first-order valence-corrected chi connectivity index (χ1v) is 3.80. The summed E-state index contributed by atoms with van der Waals surface area (Å²) in [6.07, 6.45) is -2.80. The molecule has 0 unspecified atom stereocenters. The number of hydrogen-bond acceptors (Lipinski definition) is 5. The first kappa shape index (κ1) is 11.8. The number of aromatic nitrogens is 1. The van der Waals surface area contributed by atoms with E-state index in [2.05, 4.69) is 4.98 Å². The lowest BCUT2D eigenvalue weighted by Gasteiger charge is -2.06. The predicted molar refractivity (Wildman–Crippen MR) is 47.2 cm³/mol. The highest BCUT2D eigenvalue weighted by molar-refractivity contribution is 5.92. The van der Waals surface area contributed by atoms with E-state index in [0.29, 0.717) is 6.20 Å². The molecule has 0 fully saturated rings. The molecule has 0 aliphatic carbocycles. The van der Waals surface area contributed by atoms with Crippen molar-refractivity contribution in [1.82, 2.24) is 4.98 Å². The molecule has 0 atom stereocenters. The van der Waals surface area contributed by atoms with Crippen LogP contribution in [0, 0.1) is 10.1 Å². The average molecular weight is 233 g/mol. The maximum atomic E-state index is 12.5. The Hall–Kier alpha value is -2.32. The Morgan fingerprint density at radius 1 is 1.62 bits per heavy atom. The van der Waals surface area contributed by atoms with Crippen molar-refractivity contribution in [2.45, 2.75) is 6.43 Å². The highest BCUT2D eigenvalue weighted by Gasteiger charge is 2.29. The molecule has 1 rings (SSSR count). The van der Waals surface area contributed by atoms with Gasteiger partial charge in [0.2, 0.25) is 0 Å². The molecule has 0 spiro atoms. The Morgan fingerprint density at radius 2 is 2.19 bits per heavy atom. The molecular weight excluding hydrogens is 228 g/mol. The van der Waals surface area contributed by atoms with Crippen LogP contribution in [0.5, 0.6) is 0 Å². The Labute approximate surface area is 86.7 Å². The van der Waals surface area contributed by atoms with Crippen LogP contribution in [0.2, 0.25) is 0 Å². The molecule has 7 nitrogen and oxygen atoms in total. The van der Waals surface area contributed by atoms with Crippen molar-refractivity contribution in [2.24, 2.45) is 0 Å². The first-order chi connectivity index (χ1) is 7.36. The molecule has 0 aliphatic heterocycles. The summed E-state index contributed by atoms with van der Waals surface area (Å²) in [5.41, 5.74) is 1.24. The second-order valence-electron chi connectivity index (χ2n) is 2.68. The zero-order valence-electron chi connectivity index (χ0n) is 7.55. The van der Waals surface area contributed by atoms with Crippen LogP contribution in [0.1, 0.15) is 22.5 Å². The van der Waals surface area contributed by atoms with Gasteiger partial charge in [-0.3, -0.25) is 10.1 Å². The minimum atomic E-state index is -3.25. The van der Waals surface area contributed by atoms with E-state index in [4.69, 9.17) is 10.8 Å². The lowest BCUT2D eigenvalue weighted by molar-refractivity contribution is -0.386. The number of carboxylic acids is 1. The number of carbonyl (C=O) groups is 1. The van der Waals surface area contributed by atoms with Crippen molar-refractivity contribution >= 4 is 17.3 Å². The molecule has 0 bridgehead atoms. The van der Waals surface area contributed by atoms with Crippen molar-refractivity contribution in [1.29, 1.82) is 0 Å². The van der Waals surface area contributed by atoms with Gasteiger partial charge >= 0.3 is 5.97 Å². The van der Waals surface area contributed by atoms with Gasteiger partial charge in [0.15, 0.2) is 5.69 Å². The number of hydrogen-bond donors (Lipinski definition) is 2. The Morgan fingerprint density at radius 3 is 2.56 bits per heavy atom. The lowest BCUT2D eigenvalue weighted by Crippen LogP contribution is -2.11. The van der Waals surface area contributed by atoms with Crippen molar-refractivity contribution in [3.63, 3.8) is 0 Å². The average Bonchev–Trinajstić information content (AvgIpc) is 2.15.